The summed E-state index contributed by atoms with van der Waals surface area (Å²) in [6.45, 7) is 1.60. The molecule has 1 aromatic carbocycles. The zero-order valence-electron chi connectivity index (χ0n) is 9.72. The van der Waals surface area contributed by atoms with E-state index in [-0.39, 0.29) is 5.69 Å². The second-order valence-corrected chi connectivity index (χ2v) is 4.41. The Morgan fingerprint density at radius 2 is 2.21 bits per heavy atom. The van der Waals surface area contributed by atoms with Crippen LogP contribution in [0.1, 0.15) is 21.7 Å². The van der Waals surface area contributed by atoms with Crippen LogP contribution in [-0.4, -0.2) is 22.4 Å². The quantitative estimate of drug-likeness (QED) is 0.697. The Morgan fingerprint density at radius 3 is 2.84 bits per heavy atom. The van der Waals surface area contributed by atoms with Crippen LogP contribution in [0.25, 0.3) is 0 Å². The van der Waals surface area contributed by atoms with Crippen molar-refractivity contribution in [3.8, 4) is 0 Å². The van der Waals surface area contributed by atoms with E-state index in [9.17, 15) is 4.79 Å². The maximum Gasteiger partial charge on any atom is 0.295 e. The predicted molar refractivity (Wildman–Crippen MR) is 70.6 cm³/mol. The first-order chi connectivity index (χ1) is 9.08. The molecule has 19 heavy (non-hydrogen) atoms. The number of aryl methyl sites for hydroxylation is 1. The summed E-state index contributed by atoms with van der Waals surface area (Å²) < 4.78 is 4.41. The summed E-state index contributed by atoms with van der Waals surface area (Å²) in [6, 6.07) is 4.93. The molecule has 0 unspecified atom stereocenters. The Bertz CT molecular complexity index is 639. The molecular formula is C11H8Cl2N4O2. The summed E-state index contributed by atoms with van der Waals surface area (Å²) >= 11 is 11.7. The van der Waals surface area contributed by atoms with E-state index < -0.39 is 5.91 Å². The number of carbonyl (C=O) groups is 1. The molecule has 0 aliphatic carbocycles. The fourth-order valence-corrected chi connectivity index (χ4v) is 1.71. The summed E-state index contributed by atoms with van der Waals surface area (Å²) in [4.78, 5) is 11.6. The minimum absolute atomic E-state index is 0.0827. The minimum atomic E-state index is -0.514. The molecule has 1 N–H and O–H groups in total. The van der Waals surface area contributed by atoms with Crippen molar-refractivity contribution in [2.24, 2.45) is 5.10 Å². The van der Waals surface area contributed by atoms with Crippen molar-refractivity contribution >= 4 is 35.3 Å². The van der Waals surface area contributed by atoms with Gasteiger partial charge in [0.1, 0.15) is 5.69 Å². The third-order valence-electron chi connectivity index (χ3n) is 2.20. The van der Waals surface area contributed by atoms with Crippen molar-refractivity contribution in [3.05, 3.63) is 45.2 Å². The van der Waals surface area contributed by atoms with Crippen LogP contribution in [0.2, 0.25) is 10.0 Å². The van der Waals surface area contributed by atoms with Gasteiger partial charge in [-0.2, -0.15) is 5.10 Å². The highest BCUT2D eigenvalue weighted by molar-refractivity contribution is 6.36. The number of halogens is 2. The Labute approximate surface area is 118 Å². The van der Waals surface area contributed by atoms with E-state index in [1.54, 1.807) is 25.1 Å². The molecule has 2 aromatic rings. The number of nitrogens with zero attached hydrogens (tertiary/aromatic N) is 3. The molecule has 0 radical (unpaired) electrons. The first-order valence-electron chi connectivity index (χ1n) is 5.15. The second-order valence-electron chi connectivity index (χ2n) is 3.56. The van der Waals surface area contributed by atoms with Crippen molar-refractivity contribution in [3.63, 3.8) is 0 Å². The van der Waals surface area contributed by atoms with E-state index in [2.05, 4.69) is 25.5 Å². The van der Waals surface area contributed by atoms with Gasteiger partial charge in [-0.1, -0.05) is 34.4 Å². The number of nitrogens with one attached hydrogen (secondary N) is 1. The molecule has 0 spiro atoms. The van der Waals surface area contributed by atoms with Gasteiger partial charge < -0.3 is 0 Å². The molecule has 0 atom stereocenters. The van der Waals surface area contributed by atoms with E-state index in [4.69, 9.17) is 23.2 Å². The van der Waals surface area contributed by atoms with Crippen LogP contribution in [0.3, 0.4) is 0 Å². The number of hydrogen-bond acceptors (Lipinski definition) is 5. The highest BCUT2D eigenvalue weighted by atomic mass is 35.5. The number of rotatable bonds is 3. The molecule has 98 valence electrons. The number of hydrazone groups is 1. The van der Waals surface area contributed by atoms with Crippen LogP contribution in [0.15, 0.2) is 27.9 Å². The highest BCUT2D eigenvalue weighted by Crippen LogP contribution is 2.19. The smallest absolute Gasteiger partial charge is 0.265 e. The largest absolute Gasteiger partial charge is 0.295 e. The lowest BCUT2D eigenvalue weighted by Crippen LogP contribution is -2.19. The van der Waals surface area contributed by atoms with E-state index in [0.29, 0.717) is 21.3 Å². The van der Waals surface area contributed by atoms with Gasteiger partial charge in [-0.15, -0.1) is 0 Å². The van der Waals surface area contributed by atoms with Gasteiger partial charge in [0, 0.05) is 10.6 Å². The lowest BCUT2D eigenvalue weighted by Gasteiger charge is -1.98. The summed E-state index contributed by atoms with van der Waals surface area (Å²) in [5, 5.41) is 11.7. The summed E-state index contributed by atoms with van der Waals surface area (Å²) in [6.07, 6.45) is 1.40. The molecule has 1 amide bonds. The molecule has 0 aliphatic heterocycles. The average molecular weight is 299 g/mol. The number of aromatic nitrogens is 2. The molecule has 1 heterocycles. The lowest BCUT2D eigenvalue weighted by atomic mass is 10.2. The van der Waals surface area contributed by atoms with Gasteiger partial charge in [-0.05, 0) is 24.2 Å². The molecular weight excluding hydrogens is 291 g/mol. The number of benzene rings is 1. The molecule has 1 aromatic heterocycles. The summed E-state index contributed by atoms with van der Waals surface area (Å²) in [7, 11) is 0. The third kappa shape index (κ3) is 3.30. The van der Waals surface area contributed by atoms with Gasteiger partial charge in [0.15, 0.2) is 5.69 Å². The van der Waals surface area contributed by atoms with Crippen LogP contribution < -0.4 is 5.43 Å². The Morgan fingerprint density at radius 1 is 1.42 bits per heavy atom. The fourth-order valence-electron chi connectivity index (χ4n) is 1.26. The van der Waals surface area contributed by atoms with Crippen molar-refractivity contribution in [2.45, 2.75) is 6.92 Å². The fraction of sp³-hybridized carbons (Fsp3) is 0.0909. The summed E-state index contributed by atoms with van der Waals surface area (Å²) in [5.41, 5.74) is 3.39. The normalized spacial score (nSPS) is 10.9. The maximum atomic E-state index is 11.6. The highest BCUT2D eigenvalue weighted by Gasteiger charge is 2.13. The first-order valence-corrected chi connectivity index (χ1v) is 5.91. The van der Waals surface area contributed by atoms with E-state index in [1.165, 1.54) is 6.21 Å². The van der Waals surface area contributed by atoms with Gasteiger partial charge in [0.05, 0.1) is 11.2 Å². The molecule has 0 saturated heterocycles. The predicted octanol–water partition coefficient (Wildman–Crippen LogP) is 2.45. The molecule has 6 nitrogen and oxygen atoms in total. The monoisotopic (exact) mass is 298 g/mol. The lowest BCUT2D eigenvalue weighted by molar-refractivity contribution is 0.0945. The van der Waals surface area contributed by atoms with Gasteiger partial charge in [-0.3, -0.25) is 4.79 Å². The third-order valence-corrected chi connectivity index (χ3v) is 2.76. The van der Waals surface area contributed by atoms with Crippen molar-refractivity contribution in [2.75, 3.05) is 0 Å². The topological polar surface area (TPSA) is 80.4 Å². The van der Waals surface area contributed by atoms with Crippen molar-refractivity contribution < 1.29 is 9.42 Å². The molecule has 0 bridgehead atoms. The SMILES string of the molecule is Cc1nonc1C(=O)N/N=C\c1ccc(Cl)cc1Cl. The van der Waals surface area contributed by atoms with E-state index in [0.717, 1.165) is 0 Å². The maximum absolute atomic E-state index is 11.6. The molecule has 0 fully saturated rings. The second kappa shape index (κ2) is 5.81. The molecule has 0 aliphatic rings. The number of amides is 1. The van der Waals surface area contributed by atoms with Crippen molar-refractivity contribution in [1.82, 2.24) is 15.7 Å². The zero-order chi connectivity index (χ0) is 13.8. The Kier molecular flexibility index (Phi) is 4.13. The van der Waals surface area contributed by atoms with Crippen molar-refractivity contribution in [1.29, 1.82) is 0 Å². The first kappa shape index (κ1) is 13.5. The summed E-state index contributed by atoms with van der Waals surface area (Å²) in [5.74, 6) is -0.514. The Balaban J connectivity index is 2.04. The average Bonchev–Trinajstić information content (AvgIpc) is 2.78. The zero-order valence-corrected chi connectivity index (χ0v) is 11.2. The van der Waals surface area contributed by atoms with Gasteiger partial charge in [0.25, 0.3) is 5.91 Å². The van der Waals surface area contributed by atoms with E-state index >= 15 is 0 Å². The standard InChI is InChI=1S/C11H8Cl2N4O2/c1-6-10(17-19-16-6)11(18)15-14-5-7-2-3-8(12)4-9(7)13/h2-5H,1H3,(H,15,18)/b14-5-. The minimum Gasteiger partial charge on any atom is -0.265 e. The van der Waals surface area contributed by atoms with Crippen LogP contribution in [0, 0.1) is 6.92 Å². The number of carbonyl (C=O) groups excluding carboxylic acids is 1. The Hall–Kier alpha value is -1.92. The van der Waals surface area contributed by atoms with E-state index in [1.807, 2.05) is 0 Å². The molecule has 0 saturated carbocycles. The molecule has 2 rings (SSSR count). The van der Waals surface area contributed by atoms with Gasteiger partial charge in [-0.25, -0.2) is 10.1 Å². The van der Waals surface area contributed by atoms with Crippen LogP contribution in [-0.2, 0) is 0 Å². The van der Waals surface area contributed by atoms with Crippen LogP contribution in [0.5, 0.6) is 0 Å². The number of hydrogen-bond donors (Lipinski definition) is 1. The van der Waals surface area contributed by atoms with Crippen LogP contribution >= 0.6 is 23.2 Å². The molecule has 8 heteroatoms. The van der Waals surface area contributed by atoms with Crippen LogP contribution in [0.4, 0.5) is 0 Å². The van der Waals surface area contributed by atoms with Gasteiger partial charge >= 0.3 is 0 Å². The van der Waals surface area contributed by atoms with Gasteiger partial charge in [0.2, 0.25) is 0 Å².